The van der Waals surface area contributed by atoms with Crippen molar-refractivity contribution < 1.29 is 32.2 Å². The zero-order chi connectivity index (χ0) is 38.7. The van der Waals surface area contributed by atoms with Crippen molar-refractivity contribution >= 4 is 44.4 Å². The molecule has 3 aliphatic heterocycles. The lowest BCUT2D eigenvalue weighted by atomic mass is 9.81. The van der Waals surface area contributed by atoms with E-state index in [-0.39, 0.29) is 41.3 Å². The van der Waals surface area contributed by atoms with Gasteiger partial charge >= 0.3 is 0 Å². The molecule has 2 saturated heterocycles. The first-order valence-electron chi connectivity index (χ1n) is 20.3. The van der Waals surface area contributed by atoms with Crippen LogP contribution >= 0.6 is 0 Å². The summed E-state index contributed by atoms with van der Waals surface area (Å²) in [5.41, 5.74) is 7.80. The summed E-state index contributed by atoms with van der Waals surface area (Å²) in [7, 11) is -2.15. The van der Waals surface area contributed by atoms with Gasteiger partial charge in [0.05, 0.1) is 87.1 Å². The predicted octanol–water partition coefficient (Wildman–Crippen LogP) is 6.80. The largest absolute Gasteiger partial charge is 0.497 e. The Kier molecular flexibility index (Phi) is 9.82. The second-order valence-electron chi connectivity index (χ2n) is 16.7. The fourth-order valence-corrected chi connectivity index (χ4v) is 11.0. The molecule has 5 heterocycles. The third kappa shape index (κ3) is 6.64. The Morgan fingerprint density at radius 2 is 1.64 bits per heavy atom. The van der Waals surface area contributed by atoms with Crippen molar-refractivity contribution in [3.05, 3.63) is 70.5 Å². The number of nitrogens with zero attached hydrogens (tertiary/aromatic N) is 4. The normalized spacial score (nSPS) is 21.6. The van der Waals surface area contributed by atoms with Gasteiger partial charge in [-0.15, -0.1) is 0 Å². The third-order valence-electron chi connectivity index (χ3n) is 12.4. The Labute approximate surface area is 328 Å². The molecule has 2 aromatic carbocycles. The van der Waals surface area contributed by atoms with Crippen LogP contribution in [0.1, 0.15) is 115 Å². The van der Waals surface area contributed by atoms with E-state index in [0.717, 1.165) is 89.7 Å². The van der Waals surface area contributed by atoms with E-state index >= 15 is 0 Å². The van der Waals surface area contributed by atoms with Crippen molar-refractivity contribution in [1.29, 1.82) is 0 Å². The Balaban J connectivity index is 1.24. The molecule has 56 heavy (non-hydrogen) atoms. The molecule has 0 spiro atoms. The first kappa shape index (κ1) is 37.1. The van der Waals surface area contributed by atoms with Crippen LogP contribution in [0.2, 0.25) is 0 Å². The fourth-order valence-electron chi connectivity index (χ4n) is 9.62. The molecule has 2 amide bonds. The van der Waals surface area contributed by atoms with Crippen molar-refractivity contribution in [2.24, 2.45) is 5.92 Å². The number of sulfonamides is 1. The van der Waals surface area contributed by atoms with Gasteiger partial charge in [-0.1, -0.05) is 39.2 Å². The number of hydrogen-bond acceptors (Lipinski definition) is 8. The van der Waals surface area contributed by atoms with Crippen LogP contribution in [0.25, 0.3) is 33.8 Å². The van der Waals surface area contributed by atoms with Gasteiger partial charge in [-0.05, 0) is 97.0 Å². The van der Waals surface area contributed by atoms with E-state index in [1.54, 1.807) is 19.4 Å². The number of benzene rings is 2. The molecule has 296 valence electrons. The first-order chi connectivity index (χ1) is 27.1. The number of nitrogens with one attached hydrogen (secondary N) is 1. The summed E-state index contributed by atoms with van der Waals surface area (Å²) in [4.78, 5) is 30.5. The number of carbonyl (C=O) groups is 2. The molecule has 2 aromatic heterocycles. The lowest BCUT2D eigenvalue weighted by Gasteiger charge is -2.45. The number of methoxy groups -OCH3 is 1. The number of morpholine rings is 2. The highest BCUT2D eigenvalue weighted by atomic mass is 32.2. The van der Waals surface area contributed by atoms with Crippen LogP contribution in [0.3, 0.4) is 0 Å². The topological polar surface area (TPSA) is 134 Å². The van der Waals surface area contributed by atoms with E-state index in [9.17, 15) is 18.0 Å². The molecule has 4 fully saturated rings. The Morgan fingerprint density at radius 1 is 0.911 bits per heavy atom. The van der Waals surface area contributed by atoms with Gasteiger partial charge in [-0.2, -0.15) is 5.10 Å². The second-order valence-corrected chi connectivity index (χ2v) is 18.4. The number of aromatic nitrogens is 3. The van der Waals surface area contributed by atoms with E-state index in [0.29, 0.717) is 44.5 Å². The standard InChI is InChI=1S/C43H51N5O7S/c1-26(2)25-56(51,52)45-42(49)28-12-14-36-38(18-28)46-20-30(16-29-17-34(53-3)13-15-35(29)41(46)39(36)27-8-5-4-6-9-27)40-37(19-44-48(40)31-10-7-11-31)43(50)47-32-21-54-23-33(47)24-55-22-32/h12-19,26-27,31-33H,4-11,20-25H2,1-3H3,(H,45,49). The Hall–Kier alpha value is -4.46. The molecule has 5 aliphatic rings. The van der Waals surface area contributed by atoms with Crippen molar-refractivity contribution in [2.45, 2.75) is 95.8 Å². The minimum Gasteiger partial charge on any atom is -0.497 e. The molecule has 0 unspecified atom stereocenters. The molecule has 9 rings (SSSR count). The highest BCUT2D eigenvalue weighted by molar-refractivity contribution is 7.90. The number of carbonyl (C=O) groups excluding carboxylic acids is 2. The van der Waals surface area contributed by atoms with E-state index in [1.807, 2.05) is 36.9 Å². The monoisotopic (exact) mass is 781 g/mol. The van der Waals surface area contributed by atoms with Gasteiger partial charge in [0, 0.05) is 22.0 Å². The molecular weight excluding hydrogens is 731 g/mol. The average molecular weight is 782 g/mol. The van der Waals surface area contributed by atoms with Crippen molar-refractivity contribution in [3.63, 3.8) is 0 Å². The summed E-state index contributed by atoms with van der Waals surface area (Å²) < 4.78 is 50.0. The number of amides is 2. The lowest BCUT2D eigenvalue weighted by molar-refractivity contribution is -0.119. The molecular formula is C43H51N5O7S. The highest BCUT2D eigenvalue weighted by Gasteiger charge is 2.41. The maximum atomic E-state index is 14.8. The van der Waals surface area contributed by atoms with Gasteiger partial charge in [-0.3, -0.25) is 14.3 Å². The van der Waals surface area contributed by atoms with Crippen LogP contribution in [0, 0.1) is 5.92 Å². The van der Waals surface area contributed by atoms with Crippen molar-refractivity contribution in [1.82, 2.24) is 24.0 Å². The van der Waals surface area contributed by atoms with E-state index in [2.05, 4.69) is 32.2 Å². The van der Waals surface area contributed by atoms with Crippen LogP contribution < -0.4 is 9.46 Å². The first-order valence-corrected chi connectivity index (χ1v) is 21.9. The highest BCUT2D eigenvalue weighted by Crippen LogP contribution is 2.48. The number of hydrogen-bond donors (Lipinski definition) is 1. The van der Waals surface area contributed by atoms with Crippen molar-refractivity contribution in [2.75, 3.05) is 39.3 Å². The van der Waals surface area contributed by atoms with Gasteiger partial charge in [0.2, 0.25) is 10.0 Å². The summed E-state index contributed by atoms with van der Waals surface area (Å²) in [6.45, 7) is 5.76. The molecule has 0 radical (unpaired) electrons. The molecule has 2 aliphatic carbocycles. The minimum absolute atomic E-state index is 0.0646. The van der Waals surface area contributed by atoms with Crippen LogP contribution in [0.5, 0.6) is 5.75 Å². The average Bonchev–Trinajstić information content (AvgIpc) is 3.66. The molecule has 2 saturated carbocycles. The minimum atomic E-state index is -3.83. The summed E-state index contributed by atoms with van der Waals surface area (Å²) in [6, 6.07) is 11.6. The number of fused-ring (bicyclic) bond motifs is 7. The zero-order valence-corrected chi connectivity index (χ0v) is 33.3. The van der Waals surface area contributed by atoms with Crippen LogP contribution in [0.4, 0.5) is 0 Å². The smallest absolute Gasteiger partial charge is 0.264 e. The molecule has 13 heteroatoms. The fraction of sp³-hybridized carbons (Fsp3) is 0.512. The van der Waals surface area contributed by atoms with Gasteiger partial charge in [0.25, 0.3) is 11.8 Å². The second kappa shape index (κ2) is 14.8. The molecule has 2 bridgehead atoms. The van der Waals surface area contributed by atoms with Gasteiger partial charge in [0.15, 0.2) is 0 Å². The zero-order valence-electron chi connectivity index (χ0n) is 32.5. The van der Waals surface area contributed by atoms with E-state index in [1.165, 1.54) is 12.0 Å². The summed E-state index contributed by atoms with van der Waals surface area (Å²) in [5.74, 6) is 0.0574. The Bertz CT molecular complexity index is 2310. The molecule has 12 nitrogen and oxygen atoms in total. The van der Waals surface area contributed by atoms with Gasteiger partial charge < -0.3 is 23.7 Å². The van der Waals surface area contributed by atoms with E-state index < -0.39 is 15.9 Å². The third-order valence-corrected chi connectivity index (χ3v) is 14.0. The molecule has 4 aromatic rings. The van der Waals surface area contributed by atoms with Crippen LogP contribution in [-0.2, 0) is 26.0 Å². The predicted molar refractivity (Wildman–Crippen MR) is 214 cm³/mol. The SMILES string of the molecule is COc1ccc2c(c1)C=C(c1c(C(=O)N3C4COCC3COC4)cnn1C1CCC1)Cn1c-2c(C2CCCCC2)c2ccc(C(=O)NS(=O)(=O)CC(C)C)cc21. The van der Waals surface area contributed by atoms with Gasteiger partial charge in [-0.25, -0.2) is 13.1 Å². The molecule has 1 N–H and O–H groups in total. The molecule has 0 atom stereocenters. The van der Waals surface area contributed by atoms with Crippen molar-refractivity contribution in [3.8, 4) is 17.0 Å². The summed E-state index contributed by atoms with van der Waals surface area (Å²) in [5, 5.41) is 6.01. The lowest BCUT2D eigenvalue weighted by Crippen LogP contribution is -2.61. The number of allylic oxidation sites excluding steroid dienone is 1. The quantitative estimate of drug-likeness (QED) is 0.196. The van der Waals surface area contributed by atoms with Crippen LogP contribution in [0.15, 0.2) is 42.6 Å². The van der Waals surface area contributed by atoms with Gasteiger partial charge in [0.1, 0.15) is 5.75 Å². The maximum Gasteiger partial charge on any atom is 0.264 e. The Morgan fingerprint density at radius 3 is 2.30 bits per heavy atom. The maximum absolute atomic E-state index is 14.8. The number of rotatable bonds is 9. The summed E-state index contributed by atoms with van der Waals surface area (Å²) in [6.07, 6.45) is 12.6. The van der Waals surface area contributed by atoms with E-state index in [4.69, 9.17) is 19.3 Å². The number of ether oxygens (including phenoxy) is 3. The van der Waals surface area contributed by atoms with Crippen LogP contribution in [-0.4, -0.2) is 90.9 Å². The summed E-state index contributed by atoms with van der Waals surface area (Å²) >= 11 is 0.